The van der Waals surface area contributed by atoms with Crippen LogP contribution >= 0.6 is 12.2 Å². The Balaban J connectivity index is 2.54. The first kappa shape index (κ1) is 9.33. The number of amides is 1. The number of thiocarbonyl (C=S) groups is 1. The van der Waals surface area contributed by atoms with E-state index in [1.54, 1.807) is 0 Å². The van der Waals surface area contributed by atoms with Gasteiger partial charge in [-0.1, -0.05) is 0 Å². The Morgan fingerprint density at radius 1 is 1.46 bits per heavy atom. The minimum atomic E-state index is -0.372. The van der Waals surface area contributed by atoms with Crippen molar-refractivity contribution in [2.75, 3.05) is 0 Å². The first-order valence-electron chi connectivity index (χ1n) is 3.32. The molecule has 6 nitrogen and oxygen atoms in total. The van der Waals surface area contributed by atoms with E-state index >= 15 is 0 Å². The second-order valence-corrected chi connectivity index (χ2v) is 2.51. The van der Waals surface area contributed by atoms with E-state index in [1.165, 1.54) is 18.5 Å². The average molecular weight is 197 g/mol. The van der Waals surface area contributed by atoms with Crippen molar-refractivity contribution in [2.45, 2.75) is 0 Å². The monoisotopic (exact) mass is 197 g/mol. The van der Waals surface area contributed by atoms with Crippen LogP contribution in [0.3, 0.4) is 0 Å². The molecule has 0 aromatic carbocycles. The van der Waals surface area contributed by atoms with Gasteiger partial charge >= 0.3 is 0 Å². The lowest BCUT2D eigenvalue weighted by Gasteiger charge is -2.04. The predicted molar refractivity (Wildman–Crippen MR) is 49.4 cm³/mol. The second kappa shape index (κ2) is 4.31. The lowest BCUT2D eigenvalue weighted by Crippen LogP contribution is -2.44. The number of nitrogens with two attached hydrogens (primary N) is 1. The Bertz CT molecular complexity index is 314. The molecular formula is C6H7N5OS. The molecule has 1 aromatic heterocycles. The number of carbonyl (C=O) groups is 1. The van der Waals surface area contributed by atoms with Crippen LogP contribution in [0.15, 0.2) is 18.5 Å². The molecule has 0 fully saturated rings. The summed E-state index contributed by atoms with van der Waals surface area (Å²) in [4.78, 5) is 11.2. The van der Waals surface area contributed by atoms with E-state index in [2.05, 4.69) is 33.3 Å². The number of hydrogen-bond donors (Lipinski definition) is 3. The van der Waals surface area contributed by atoms with E-state index in [4.69, 9.17) is 5.73 Å². The van der Waals surface area contributed by atoms with Crippen molar-refractivity contribution in [3.8, 4) is 0 Å². The Morgan fingerprint density at radius 2 is 2.23 bits per heavy atom. The number of hydrogen-bond acceptors (Lipinski definition) is 4. The summed E-state index contributed by atoms with van der Waals surface area (Å²) in [5.41, 5.74) is 10.1. The van der Waals surface area contributed by atoms with E-state index in [1.807, 2.05) is 0 Å². The number of rotatable bonds is 1. The number of aromatic nitrogens is 2. The Morgan fingerprint density at radius 3 is 2.77 bits per heavy atom. The normalized spacial score (nSPS) is 8.92. The Hall–Kier alpha value is -1.76. The number of nitrogens with one attached hydrogen (secondary N) is 2. The van der Waals surface area contributed by atoms with Crippen LogP contribution in [0.1, 0.15) is 10.4 Å². The summed E-state index contributed by atoms with van der Waals surface area (Å²) >= 11 is 4.49. The zero-order valence-corrected chi connectivity index (χ0v) is 7.34. The molecule has 1 rings (SSSR count). The molecule has 0 saturated heterocycles. The molecule has 1 amide bonds. The van der Waals surface area contributed by atoms with Crippen molar-refractivity contribution < 1.29 is 4.79 Å². The molecule has 4 N–H and O–H groups in total. The quantitative estimate of drug-likeness (QED) is 0.393. The van der Waals surface area contributed by atoms with Gasteiger partial charge in [0.05, 0.1) is 18.0 Å². The molecule has 0 aliphatic rings. The van der Waals surface area contributed by atoms with Crippen molar-refractivity contribution >= 4 is 23.2 Å². The summed E-state index contributed by atoms with van der Waals surface area (Å²) in [6.07, 6.45) is 2.74. The minimum Gasteiger partial charge on any atom is -0.375 e. The van der Waals surface area contributed by atoms with Crippen LogP contribution in [0, 0.1) is 0 Å². The van der Waals surface area contributed by atoms with Gasteiger partial charge in [-0.2, -0.15) is 10.2 Å². The van der Waals surface area contributed by atoms with E-state index in [9.17, 15) is 4.79 Å². The molecule has 0 aliphatic carbocycles. The molecule has 13 heavy (non-hydrogen) atoms. The highest BCUT2D eigenvalue weighted by molar-refractivity contribution is 7.80. The van der Waals surface area contributed by atoms with Crippen molar-refractivity contribution in [3.63, 3.8) is 0 Å². The molecule has 0 unspecified atom stereocenters. The summed E-state index contributed by atoms with van der Waals surface area (Å²) in [5, 5.41) is 7.05. The average Bonchev–Trinajstić information content (AvgIpc) is 2.15. The number of carbonyl (C=O) groups excluding carboxylic acids is 1. The fourth-order valence-corrected chi connectivity index (χ4v) is 0.667. The molecule has 1 aromatic rings. The van der Waals surface area contributed by atoms with Crippen molar-refractivity contribution in [3.05, 3.63) is 24.0 Å². The van der Waals surface area contributed by atoms with Crippen LogP contribution in [-0.4, -0.2) is 21.2 Å². The molecule has 0 bridgehead atoms. The van der Waals surface area contributed by atoms with Gasteiger partial charge in [0.15, 0.2) is 5.11 Å². The highest BCUT2D eigenvalue weighted by atomic mass is 32.1. The summed E-state index contributed by atoms with van der Waals surface area (Å²) < 4.78 is 0. The zero-order chi connectivity index (χ0) is 9.68. The SMILES string of the molecule is NC(=S)NNC(=O)c1ccnnc1. The van der Waals surface area contributed by atoms with Crippen LogP contribution in [0.4, 0.5) is 0 Å². The summed E-state index contributed by atoms with van der Waals surface area (Å²) in [5.74, 6) is -0.372. The van der Waals surface area contributed by atoms with Gasteiger partial charge in [-0.25, -0.2) is 0 Å². The Kier molecular flexibility index (Phi) is 3.09. The van der Waals surface area contributed by atoms with Gasteiger partial charge in [0, 0.05) is 0 Å². The molecule has 0 atom stereocenters. The predicted octanol–water partition coefficient (Wildman–Crippen LogP) is -1.05. The zero-order valence-electron chi connectivity index (χ0n) is 6.52. The van der Waals surface area contributed by atoms with Crippen LogP contribution in [0.2, 0.25) is 0 Å². The number of nitrogens with zero attached hydrogens (tertiary/aromatic N) is 2. The molecule has 0 radical (unpaired) electrons. The molecule has 0 aliphatic heterocycles. The third-order valence-electron chi connectivity index (χ3n) is 1.15. The highest BCUT2D eigenvalue weighted by Gasteiger charge is 2.03. The summed E-state index contributed by atoms with van der Waals surface area (Å²) in [7, 11) is 0. The van der Waals surface area contributed by atoms with Gasteiger partial charge in [-0.15, -0.1) is 0 Å². The molecule has 0 saturated carbocycles. The second-order valence-electron chi connectivity index (χ2n) is 2.07. The van der Waals surface area contributed by atoms with Crippen molar-refractivity contribution in [2.24, 2.45) is 5.73 Å². The fourth-order valence-electron chi connectivity index (χ4n) is 0.616. The lowest BCUT2D eigenvalue weighted by atomic mass is 10.3. The molecule has 0 spiro atoms. The first-order valence-corrected chi connectivity index (χ1v) is 3.73. The van der Waals surface area contributed by atoms with Gasteiger partial charge in [0.1, 0.15) is 0 Å². The fraction of sp³-hybridized carbons (Fsp3) is 0. The van der Waals surface area contributed by atoms with Gasteiger partial charge in [0.2, 0.25) is 0 Å². The molecule has 68 valence electrons. The maximum atomic E-state index is 11.2. The van der Waals surface area contributed by atoms with Crippen LogP contribution in [0.5, 0.6) is 0 Å². The standard InChI is InChI=1S/C6H7N5OS/c7-6(13)11-10-5(12)4-1-2-8-9-3-4/h1-3H,(H,10,12)(H3,7,11,13). The van der Waals surface area contributed by atoms with Crippen molar-refractivity contribution in [1.82, 2.24) is 21.0 Å². The first-order chi connectivity index (χ1) is 6.20. The molecule has 1 heterocycles. The van der Waals surface area contributed by atoms with Crippen molar-refractivity contribution in [1.29, 1.82) is 0 Å². The van der Waals surface area contributed by atoms with E-state index < -0.39 is 0 Å². The lowest BCUT2D eigenvalue weighted by molar-refractivity contribution is 0.0943. The number of hydrazine groups is 1. The maximum Gasteiger partial charge on any atom is 0.271 e. The van der Waals surface area contributed by atoms with Gasteiger partial charge in [0.25, 0.3) is 5.91 Å². The maximum absolute atomic E-state index is 11.2. The van der Waals surface area contributed by atoms with Crippen LogP contribution < -0.4 is 16.6 Å². The van der Waals surface area contributed by atoms with Gasteiger partial charge in [-0.3, -0.25) is 15.6 Å². The smallest absolute Gasteiger partial charge is 0.271 e. The van der Waals surface area contributed by atoms with Gasteiger partial charge in [-0.05, 0) is 18.3 Å². The third kappa shape index (κ3) is 2.99. The molecule has 7 heteroatoms. The van der Waals surface area contributed by atoms with Crippen LogP contribution in [-0.2, 0) is 0 Å². The highest BCUT2D eigenvalue weighted by Crippen LogP contribution is 1.91. The van der Waals surface area contributed by atoms with E-state index in [0.717, 1.165) is 0 Å². The minimum absolute atomic E-state index is 0.00429. The third-order valence-corrected chi connectivity index (χ3v) is 1.25. The summed E-state index contributed by atoms with van der Waals surface area (Å²) in [6.45, 7) is 0. The molecular weight excluding hydrogens is 190 g/mol. The van der Waals surface area contributed by atoms with Gasteiger partial charge < -0.3 is 5.73 Å². The topological polar surface area (TPSA) is 92.9 Å². The Labute approximate surface area is 79.5 Å². The van der Waals surface area contributed by atoms with E-state index in [-0.39, 0.29) is 11.0 Å². The largest absolute Gasteiger partial charge is 0.375 e. The van der Waals surface area contributed by atoms with Crippen LogP contribution in [0.25, 0.3) is 0 Å². The van der Waals surface area contributed by atoms with E-state index in [0.29, 0.717) is 5.56 Å². The summed E-state index contributed by atoms with van der Waals surface area (Å²) in [6, 6.07) is 1.52.